The van der Waals surface area contributed by atoms with Gasteiger partial charge in [0.2, 0.25) is 0 Å². The molecule has 0 radical (unpaired) electrons. The Balaban J connectivity index is 2.17. The van der Waals surface area contributed by atoms with Crippen molar-refractivity contribution in [1.82, 2.24) is 14.7 Å². The zero-order valence-electron chi connectivity index (χ0n) is 12.1. The smallest absolute Gasteiger partial charge is 0.160 e. The van der Waals surface area contributed by atoms with Gasteiger partial charge < -0.3 is 9.64 Å². The fourth-order valence-electron chi connectivity index (χ4n) is 2.80. The average molecular weight is 286 g/mol. The van der Waals surface area contributed by atoms with E-state index >= 15 is 0 Å². The minimum Gasteiger partial charge on any atom is -0.493 e. The number of aromatic nitrogens is 2. The van der Waals surface area contributed by atoms with Crippen molar-refractivity contribution in [3.05, 3.63) is 11.9 Å². The number of ether oxygens (including phenoxy) is 1. The van der Waals surface area contributed by atoms with Crippen LogP contribution in [0.3, 0.4) is 0 Å². The summed E-state index contributed by atoms with van der Waals surface area (Å²) in [7, 11) is 5.88. The van der Waals surface area contributed by atoms with Gasteiger partial charge in [-0.25, -0.2) is 0 Å². The quantitative estimate of drug-likeness (QED) is 0.779. The lowest BCUT2D eigenvalue weighted by molar-refractivity contribution is 0.347. The molecule has 2 rings (SSSR count). The van der Waals surface area contributed by atoms with Gasteiger partial charge in [0.1, 0.15) is 0 Å². The number of likely N-dealkylation sites (N-methyl/N-ethyl adjacent to an activating group) is 1. The van der Waals surface area contributed by atoms with E-state index in [4.69, 9.17) is 16.3 Å². The van der Waals surface area contributed by atoms with E-state index in [0.29, 0.717) is 11.3 Å². The van der Waals surface area contributed by atoms with Crippen LogP contribution in [0.25, 0.3) is 0 Å². The molecule has 1 fully saturated rings. The summed E-state index contributed by atoms with van der Waals surface area (Å²) in [4.78, 5) is 2.17. The highest BCUT2D eigenvalue weighted by Gasteiger charge is 2.27. The zero-order valence-corrected chi connectivity index (χ0v) is 12.9. The number of alkyl halides is 1. The maximum Gasteiger partial charge on any atom is 0.160 e. The van der Waals surface area contributed by atoms with Crippen LogP contribution in [-0.4, -0.2) is 47.8 Å². The van der Waals surface area contributed by atoms with Crippen LogP contribution in [0.4, 0.5) is 0 Å². The van der Waals surface area contributed by atoms with E-state index in [1.165, 1.54) is 18.5 Å². The van der Waals surface area contributed by atoms with Crippen LogP contribution in [0.5, 0.6) is 5.75 Å². The molecule has 1 heterocycles. The fourth-order valence-corrected chi connectivity index (χ4v) is 3.17. The van der Waals surface area contributed by atoms with Gasteiger partial charge in [0.05, 0.1) is 25.5 Å². The molecule has 0 N–H and O–H groups in total. The molecule has 1 aromatic rings. The Morgan fingerprint density at radius 3 is 2.89 bits per heavy atom. The lowest BCUT2D eigenvalue weighted by Crippen LogP contribution is -2.23. The molecule has 0 spiro atoms. The Kier molecular flexibility index (Phi) is 5.11. The summed E-state index contributed by atoms with van der Waals surface area (Å²) in [6, 6.07) is 0. The Morgan fingerprint density at radius 1 is 1.47 bits per heavy atom. The van der Waals surface area contributed by atoms with Crippen molar-refractivity contribution in [2.24, 2.45) is 0 Å². The molecular formula is C14H24ClN3O. The second kappa shape index (κ2) is 6.62. The second-order valence-electron chi connectivity index (χ2n) is 5.59. The van der Waals surface area contributed by atoms with E-state index in [1.54, 1.807) is 7.11 Å². The van der Waals surface area contributed by atoms with Crippen LogP contribution >= 0.6 is 11.6 Å². The molecule has 1 aliphatic carbocycles. The number of methoxy groups -OCH3 is 1. The van der Waals surface area contributed by atoms with Crippen molar-refractivity contribution in [2.45, 2.75) is 43.5 Å². The molecule has 0 aromatic carbocycles. The highest BCUT2D eigenvalue weighted by Crippen LogP contribution is 2.39. The SMILES string of the molecule is COc1cnn(CCN(C)C)c1C1CCCC(Cl)C1. The molecule has 0 saturated heterocycles. The van der Waals surface area contributed by atoms with Gasteiger partial charge in [0.25, 0.3) is 0 Å². The molecule has 1 aromatic heterocycles. The molecule has 0 amide bonds. The van der Waals surface area contributed by atoms with Gasteiger partial charge in [-0.2, -0.15) is 5.10 Å². The van der Waals surface area contributed by atoms with Crippen molar-refractivity contribution in [3.8, 4) is 5.75 Å². The lowest BCUT2D eigenvalue weighted by atomic mass is 9.86. The monoisotopic (exact) mass is 285 g/mol. The van der Waals surface area contributed by atoms with Gasteiger partial charge in [0.15, 0.2) is 5.75 Å². The third-order valence-corrected chi connectivity index (χ3v) is 4.22. The van der Waals surface area contributed by atoms with Gasteiger partial charge in [-0.15, -0.1) is 11.6 Å². The molecule has 0 aliphatic heterocycles. The first-order valence-electron chi connectivity index (χ1n) is 7.00. The molecule has 5 heteroatoms. The number of hydrogen-bond acceptors (Lipinski definition) is 3. The molecule has 1 aliphatic rings. The number of nitrogens with zero attached hydrogens (tertiary/aromatic N) is 3. The number of rotatable bonds is 5. The van der Waals surface area contributed by atoms with E-state index in [1.807, 2.05) is 6.20 Å². The first-order chi connectivity index (χ1) is 9.11. The third kappa shape index (κ3) is 3.63. The predicted molar refractivity (Wildman–Crippen MR) is 78.2 cm³/mol. The molecule has 19 heavy (non-hydrogen) atoms. The largest absolute Gasteiger partial charge is 0.493 e. The minimum atomic E-state index is 0.292. The van der Waals surface area contributed by atoms with Gasteiger partial charge in [-0.05, 0) is 33.4 Å². The fraction of sp³-hybridized carbons (Fsp3) is 0.786. The van der Waals surface area contributed by atoms with Crippen LogP contribution < -0.4 is 4.74 Å². The van der Waals surface area contributed by atoms with E-state index in [-0.39, 0.29) is 0 Å². The molecule has 0 bridgehead atoms. The van der Waals surface area contributed by atoms with Crippen molar-refractivity contribution < 1.29 is 4.74 Å². The summed E-state index contributed by atoms with van der Waals surface area (Å²) in [6.45, 7) is 1.88. The van der Waals surface area contributed by atoms with Gasteiger partial charge in [-0.3, -0.25) is 4.68 Å². The lowest BCUT2D eigenvalue weighted by Gasteiger charge is -2.27. The maximum absolute atomic E-state index is 6.32. The first-order valence-corrected chi connectivity index (χ1v) is 7.44. The Bertz CT molecular complexity index is 405. The topological polar surface area (TPSA) is 30.3 Å². The Hall–Kier alpha value is -0.740. The zero-order chi connectivity index (χ0) is 13.8. The molecule has 1 saturated carbocycles. The molecule has 2 unspecified atom stereocenters. The number of hydrogen-bond donors (Lipinski definition) is 0. The van der Waals surface area contributed by atoms with E-state index in [0.717, 1.165) is 31.7 Å². The van der Waals surface area contributed by atoms with Crippen molar-refractivity contribution in [3.63, 3.8) is 0 Å². The summed E-state index contributed by atoms with van der Waals surface area (Å²) < 4.78 is 7.58. The van der Waals surface area contributed by atoms with E-state index < -0.39 is 0 Å². The predicted octanol–water partition coefficient (Wildman–Crippen LogP) is 2.72. The Morgan fingerprint density at radius 2 is 2.26 bits per heavy atom. The van der Waals surface area contributed by atoms with E-state index in [2.05, 4.69) is 28.8 Å². The van der Waals surface area contributed by atoms with Crippen molar-refractivity contribution in [1.29, 1.82) is 0 Å². The maximum atomic E-state index is 6.32. The van der Waals surface area contributed by atoms with Crippen molar-refractivity contribution >= 4 is 11.6 Å². The summed E-state index contributed by atoms with van der Waals surface area (Å²) >= 11 is 6.32. The van der Waals surface area contributed by atoms with Gasteiger partial charge >= 0.3 is 0 Å². The highest BCUT2D eigenvalue weighted by atomic mass is 35.5. The molecule has 4 nitrogen and oxygen atoms in total. The van der Waals surface area contributed by atoms with E-state index in [9.17, 15) is 0 Å². The molecule has 2 atom stereocenters. The third-order valence-electron chi connectivity index (χ3n) is 3.82. The Labute approximate surface area is 120 Å². The standard InChI is InChI=1S/C14H24ClN3O/c1-17(2)7-8-18-14(13(19-3)10-16-18)11-5-4-6-12(15)9-11/h10-12H,4-9H2,1-3H3. The van der Waals surface area contributed by atoms with Crippen LogP contribution in [0, 0.1) is 0 Å². The minimum absolute atomic E-state index is 0.292. The normalized spacial score (nSPS) is 23.8. The summed E-state index contributed by atoms with van der Waals surface area (Å²) in [5.74, 6) is 1.39. The second-order valence-corrected chi connectivity index (χ2v) is 6.20. The average Bonchev–Trinajstić information content (AvgIpc) is 2.79. The van der Waals surface area contributed by atoms with Gasteiger partial charge in [0, 0.05) is 17.8 Å². The molecule has 108 valence electrons. The first kappa shape index (κ1) is 14.7. The van der Waals surface area contributed by atoms with Crippen LogP contribution in [0.15, 0.2) is 6.20 Å². The number of halogens is 1. The highest BCUT2D eigenvalue weighted by molar-refractivity contribution is 6.20. The summed E-state index contributed by atoms with van der Waals surface area (Å²) in [5.41, 5.74) is 1.23. The van der Waals surface area contributed by atoms with Gasteiger partial charge in [-0.1, -0.05) is 6.42 Å². The van der Waals surface area contributed by atoms with Crippen LogP contribution in [0.1, 0.15) is 37.3 Å². The van der Waals surface area contributed by atoms with Crippen LogP contribution in [-0.2, 0) is 6.54 Å². The summed E-state index contributed by atoms with van der Waals surface area (Å²) in [5, 5.41) is 4.77. The van der Waals surface area contributed by atoms with Crippen LogP contribution in [0.2, 0.25) is 0 Å². The summed E-state index contributed by atoms with van der Waals surface area (Å²) in [6.07, 6.45) is 6.38. The molecular weight excluding hydrogens is 262 g/mol. The van der Waals surface area contributed by atoms with Crippen molar-refractivity contribution in [2.75, 3.05) is 27.7 Å².